The first-order valence-corrected chi connectivity index (χ1v) is 11.2. The van der Waals surface area contributed by atoms with Crippen molar-refractivity contribution < 1.29 is 0 Å². The summed E-state index contributed by atoms with van der Waals surface area (Å²) in [7, 11) is 0. The van der Waals surface area contributed by atoms with Gasteiger partial charge < -0.3 is 11.1 Å². The van der Waals surface area contributed by atoms with Crippen molar-refractivity contribution in [3.8, 4) is 0 Å². The van der Waals surface area contributed by atoms with E-state index in [9.17, 15) is 0 Å². The maximum Gasteiger partial charge on any atom is 0.0730 e. The van der Waals surface area contributed by atoms with E-state index in [0.29, 0.717) is 23.5 Å². The molecule has 1 atom stereocenters. The minimum absolute atomic E-state index is 0.163. The molecule has 0 aromatic carbocycles. The van der Waals surface area contributed by atoms with Crippen LogP contribution in [-0.4, -0.2) is 25.2 Å². The minimum atomic E-state index is 0.163. The first-order chi connectivity index (χ1) is 15.3. The van der Waals surface area contributed by atoms with Crippen molar-refractivity contribution >= 4 is 30.4 Å². The summed E-state index contributed by atoms with van der Waals surface area (Å²) in [5.74, 6) is 0.163. The number of rotatable bonds is 14. The van der Waals surface area contributed by atoms with E-state index in [2.05, 4.69) is 37.7 Å². The molecule has 0 rings (SSSR count). The van der Waals surface area contributed by atoms with Gasteiger partial charge in [0.2, 0.25) is 0 Å². The maximum atomic E-state index is 7.30. The smallest absolute Gasteiger partial charge is 0.0730 e. The van der Waals surface area contributed by atoms with Gasteiger partial charge in [0.1, 0.15) is 0 Å². The van der Waals surface area contributed by atoms with Crippen LogP contribution >= 0.6 is 11.8 Å². The van der Waals surface area contributed by atoms with Gasteiger partial charge in [-0.3, -0.25) is 9.98 Å². The Labute approximate surface area is 198 Å². The molecule has 3 N–H and O–H groups in total. The SMILES string of the molecule is C=C(C=N)\C=C/C=C(C(=C)N=CCN)/C(=C/C(=C)S/C(C)=C/C=C\C)N=CC(C)/C=C/C. The number of thioether (sulfide) groups is 1. The van der Waals surface area contributed by atoms with Gasteiger partial charge in [0.25, 0.3) is 0 Å². The molecule has 0 amide bonds. The Bertz CT molecular complexity index is 906. The zero-order valence-electron chi connectivity index (χ0n) is 19.7. The zero-order chi connectivity index (χ0) is 24.4. The molecular formula is C27H36N4S. The van der Waals surface area contributed by atoms with E-state index in [1.165, 1.54) is 6.21 Å². The van der Waals surface area contributed by atoms with Crippen molar-refractivity contribution in [1.82, 2.24) is 0 Å². The second-order valence-corrected chi connectivity index (χ2v) is 8.09. The highest BCUT2D eigenvalue weighted by atomic mass is 32.2. The highest BCUT2D eigenvalue weighted by Crippen LogP contribution is 2.29. The molecule has 0 bridgehead atoms. The van der Waals surface area contributed by atoms with Crippen molar-refractivity contribution in [1.29, 1.82) is 5.41 Å². The molecule has 0 saturated heterocycles. The van der Waals surface area contributed by atoms with Crippen LogP contribution in [0, 0.1) is 11.3 Å². The van der Waals surface area contributed by atoms with E-state index < -0.39 is 0 Å². The normalized spacial score (nSPS) is 15.0. The molecule has 0 aliphatic heterocycles. The molecule has 0 aliphatic rings. The Morgan fingerprint density at radius 3 is 2.41 bits per heavy atom. The molecule has 0 heterocycles. The minimum Gasteiger partial charge on any atom is -0.326 e. The zero-order valence-corrected chi connectivity index (χ0v) is 20.5. The standard InChI is InChI=1S/C27H36N4S/c1-8-10-14-23(5)32-24(6)18-27(31-20-22(4)12-9-2)26(25(7)30-17-16-28)15-11-13-21(3)19-29/h8-15,17-20,22,29H,3,6-7,16,28H2,1-2,4-5H3/b10-8-,12-9+,13-11-,23-14+,26-15+,27-18-,29-19?,30-17?,31-20?. The van der Waals surface area contributed by atoms with E-state index in [0.717, 1.165) is 15.4 Å². The highest BCUT2D eigenvalue weighted by Gasteiger charge is 2.09. The number of aliphatic imine (C=N–C) groups is 2. The van der Waals surface area contributed by atoms with Gasteiger partial charge in [0, 0.05) is 41.6 Å². The molecule has 0 aromatic heterocycles. The number of hydrogen-bond acceptors (Lipinski definition) is 5. The molecular weight excluding hydrogens is 412 g/mol. The fraction of sp³-hybridized carbons (Fsp3) is 0.222. The summed E-state index contributed by atoms with van der Waals surface area (Å²) >= 11 is 1.57. The first kappa shape index (κ1) is 29.0. The predicted octanol–water partition coefficient (Wildman–Crippen LogP) is 7.11. The molecule has 32 heavy (non-hydrogen) atoms. The van der Waals surface area contributed by atoms with Gasteiger partial charge in [-0.25, -0.2) is 0 Å². The number of hydrogen-bond donors (Lipinski definition) is 2. The molecule has 5 heteroatoms. The molecule has 0 aliphatic carbocycles. The van der Waals surface area contributed by atoms with E-state index in [1.807, 2.05) is 63.4 Å². The van der Waals surface area contributed by atoms with Crippen LogP contribution in [0.5, 0.6) is 0 Å². The van der Waals surface area contributed by atoms with Crippen molar-refractivity contribution in [3.05, 3.63) is 107 Å². The lowest BCUT2D eigenvalue weighted by Gasteiger charge is -2.10. The molecule has 0 saturated carbocycles. The van der Waals surface area contributed by atoms with Crippen LogP contribution < -0.4 is 5.73 Å². The molecule has 1 unspecified atom stereocenters. The van der Waals surface area contributed by atoms with E-state index >= 15 is 0 Å². The highest BCUT2D eigenvalue weighted by molar-refractivity contribution is 8.06. The molecule has 0 radical (unpaired) electrons. The van der Waals surface area contributed by atoms with Crippen LogP contribution in [0.1, 0.15) is 27.7 Å². The fourth-order valence-corrected chi connectivity index (χ4v) is 3.00. The molecule has 4 nitrogen and oxygen atoms in total. The lowest BCUT2D eigenvalue weighted by Crippen LogP contribution is -2.00. The molecule has 0 spiro atoms. The largest absolute Gasteiger partial charge is 0.326 e. The van der Waals surface area contributed by atoms with E-state index in [-0.39, 0.29) is 5.92 Å². The van der Waals surface area contributed by atoms with Crippen LogP contribution in [0.4, 0.5) is 0 Å². The van der Waals surface area contributed by atoms with Crippen molar-refractivity contribution in [2.45, 2.75) is 27.7 Å². The Morgan fingerprint density at radius 2 is 1.81 bits per heavy atom. The maximum absolute atomic E-state index is 7.30. The Hall–Kier alpha value is -3.02. The third-order valence-corrected chi connectivity index (χ3v) is 4.59. The Kier molecular flexibility index (Phi) is 16.0. The van der Waals surface area contributed by atoms with Crippen LogP contribution in [0.3, 0.4) is 0 Å². The quantitative estimate of drug-likeness (QED) is 0.169. The second-order valence-electron chi connectivity index (χ2n) is 6.72. The average molecular weight is 449 g/mol. The summed E-state index contributed by atoms with van der Waals surface area (Å²) in [6, 6.07) is 0. The average Bonchev–Trinajstić information content (AvgIpc) is 2.76. The summed E-state index contributed by atoms with van der Waals surface area (Å²) in [5.41, 5.74) is 8.10. The molecule has 0 fully saturated rings. The van der Waals surface area contributed by atoms with Crippen LogP contribution in [0.15, 0.2) is 117 Å². The summed E-state index contributed by atoms with van der Waals surface area (Å²) in [6.45, 7) is 20.4. The number of nitrogens with one attached hydrogen (secondary N) is 1. The summed E-state index contributed by atoms with van der Waals surface area (Å²) in [5, 5.41) is 7.30. The van der Waals surface area contributed by atoms with Crippen LogP contribution in [-0.2, 0) is 0 Å². The molecule has 0 aromatic rings. The van der Waals surface area contributed by atoms with Gasteiger partial charge in [-0.2, -0.15) is 0 Å². The van der Waals surface area contributed by atoms with Crippen LogP contribution in [0.2, 0.25) is 0 Å². The topological polar surface area (TPSA) is 74.6 Å². The Balaban J connectivity index is 6.39. The predicted molar refractivity (Wildman–Crippen MR) is 148 cm³/mol. The number of nitrogens with two attached hydrogens (primary N) is 1. The summed E-state index contributed by atoms with van der Waals surface area (Å²) < 4.78 is 0. The van der Waals surface area contributed by atoms with Crippen LogP contribution in [0.25, 0.3) is 0 Å². The summed E-state index contributed by atoms with van der Waals surface area (Å²) in [4.78, 5) is 11.0. The van der Waals surface area contributed by atoms with Gasteiger partial charge in [0.05, 0.1) is 11.4 Å². The Morgan fingerprint density at radius 1 is 1.09 bits per heavy atom. The lowest BCUT2D eigenvalue weighted by atomic mass is 10.1. The third-order valence-electron chi connectivity index (χ3n) is 3.76. The molecule has 170 valence electrons. The monoisotopic (exact) mass is 448 g/mol. The van der Waals surface area contributed by atoms with Crippen molar-refractivity contribution in [3.63, 3.8) is 0 Å². The van der Waals surface area contributed by atoms with Gasteiger partial charge in [0.15, 0.2) is 0 Å². The summed E-state index contributed by atoms with van der Waals surface area (Å²) in [6.07, 6.45) is 22.1. The second kappa shape index (κ2) is 17.6. The van der Waals surface area contributed by atoms with Gasteiger partial charge in [-0.1, -0.05) is 87.0 Å². The van der Waals surface area contributed by atoms with Crippen molar-refractivity contribution in [2.75, 3.05) is 6.54 Å². The number of allylic oxidation sites excluding steroid dienone is 11. The lowest BCUT2D eigenvalue weighted by molar-refractivity contribution is 1.02. The van der Waals surface area contributed by atoms with E-state index in [1.54, 1.807) is 30.1 Å². The first-order valence-electron chi connectivity index (χ1n) is 10.3. The van der Waals surface area contributed by atoms with Gasteiger partial charge in [-0.15, -0.1) is 0 Å². The van der Waals surface area contributed by atoms with Gasteiger partial charge in [-0.05, 0) is 37.3 Å². The van der Waals surface area contributed by atoms with E-state index in [4.69, 9.17) is 16.1 Å². The fourth-order valence-electron chi connectivity index (χ4n) is 2.27. The van der Waals surface area contributed by atoms with Crippen molar-refractivity contribution in [2.24, 2.45) is 21.6 Å². The number of nitrogens with zero attached hydrogens (tertiary/aromatic N) is 2. The third kappa shape index (κ3) is 13.3. The van der Waals surface area contributed by atoms with Gasteiger partial charge >= 0.3 is 0 Å².